The number of hydrogen-bond acceptors (Lipinski definition) is 5. The van der Waals surface area contributed by atoms with Crippen molar-refractivity contribution in [1.29, 1.82) is 0 Å². The topological polar surface area (TPSA) is 72.8 Å². The number of aliphatic hydroxyl groups excluding tert-OH is 1. The van der Waals surface area contributed by atoms with Crippen LogP contribution in [0.5, 0.6) is 0 Å². The van der Waals surface area contributed by atoms with Gasteiger partial charge in [-0.3, -0.25) is 0 Å². The molecule has 0 aromatic rings. The van der Waals surface area contributed by atoms with Crippen molar-refractivity contribution in [3.8, 4) is 0 Å². The van der Waals surface area contributed by atoms with E-state index in [1.807, 2.05) is 0 Å². The summed E-state index contributed by atoms with van der Waals surface area (Å²) in [6.07, 6.45) is 3.00. The number of hydrogen-bond donors (Lipinski definition) is 1. The van der Waals surface area contributed by atoms with E-state index in [0.29, 0.717) is 6.42 Å². The quantitative estimate of drug-likeness (QED) is 0.398. The molecule has 0 rings (SSSR count). The van der Waals surface area contributed by atoms with Crippen molar-refractivity contribution in [2.45, 2.75) is 13.3 Å². The van der Waals surface area contributed by atoms with E-state index >= 15 is 0 Å². The van der Waals surface area contributed by atoms with Gasteiger partial charge in [-0.1, -0.05) is 6.08 Å². The van der Waals surface area contributed by atoms with Crippen LogP contribution in [0.1, 0.15) is 13.3 Å². The lowest BCUT2D eigenvalue weighted by Crippen LogP contribution is -1.96. The largest absolute Gasteiger partial charge is 0.396 e. The van der Waals surface area contributed by atoms with Gasteiger partial charge in [0, 0.05) is 12.7 Å². The summed E-state index contributed by atoms with van der Waals surface area (Å²) >= 11 is 0. The third-order valence-corrected chi connectivity index (χ3v) is 1.82. The maximum absolute atomic E-state index is 10.8. The molecule has 0 aliphatic heterocycles. The summed E-state index contributed by atoms with van der Waals surface area (Å²) in [5.41, 5.74) is 0. The van der Waals surface area contributed by atoms with Crippen LogP contribution in [0, 0.1) is 0 Å². The number of aliphatic hydroxyl groups is 1. The van der Waals surface area contributed by atoms with Crippen LogP contribution in [-0.4, -0.2) is 24.3 Å². The van der Waals surface area contributed by atoms with E-state index in [-0.39, 0.29) is 13.2 Å². The van der Waals surface area contributed by atoms with E-state index in [9.17, 15) is 9.36 Å². The van der Waals surface area contributed by atoms with Crippen molar-refractivity contribution in [3.05, 3.63) is 12.2 Å². The fourth-order valence-corrected chi connectivity index (χ4v) is 1.10. The fraction of sp³-hybridized carbons (Fsp3) is 0.571. The van der Waals surface area contributed by atoms with Crippen LogP contribution in [0.2, 0.25) is 0 Å². The molecule has 0 saturated carbocycles. The Labute approximate surface area is 77.3 Å². The molecule has 0 amide bonds. The third-order valence-electron chi connectivity index (χ3n) is 1.01. The van der Waals surface area contributed by atoms with Gasteiger partial charge in [-0.05, 0) is 13.3 Å². The van der Waals surface area contributed by atoms with Gasteiger partial charge in [0.05, 0.1) is 6.61 Å². The molecule has 6 heteroatoms. The molecular formula is C7H13O5P. The van der Waals surface area contributed by atoms with Crippen LogP contribution in [0.15, 0.2) is 12.2 Å². The monoisotopic (exact) mass is 208 g/mol. The van der Waals surface area contributed by atoms with Gasteiger partial charge >= 0.3 is 14.2 Å². The van der Waals surface area contributed by atoms with Gasteiger partial charge in [-0.25, -0.2) is 9.36 Å². The SMILES string of the molecule is CC=CC(=O)O[PH](=O)OCCCO. The van der Waals surface area contributed by atoms with E-state index < -0.39 is 14.2 Å². The Bertz CT molecular complexity index is 201. The number of allylic oxidation sites excluding steroid dienone is 1. The zero-order chi connectivity index (χ0) is 10.1. The van der Waals surface area contributed by atoms with Crippen molar-refractivity contribution in [2.75, 3.05) is 13.2 Å². The van der Waals surface area contributed by atoms with Gasteiger partial charge in [0.15, 0.2) is 0 Å². The predicted molar refractivity (Wildman–Crippen MR) is 47.6 cm³/mol. The first-order valence-corrected chi connectivity index (χ1v) is 5.05. The summed E-state index contributed by atoms with van der Waals surface area (Å²) in [7, 11) is -2.75. The molecule has 0 spiro atoms. The summed E-state index contributed by atoms with van der Waals surface area (Å²) in [6, 6.07) is 0. The van der Waals surface area contributed by atoms with Crippen LogP contribution >= 0.6 is 8.25 Å². The number of carbonyl (C=O) groups is 1. The number of carbonyl (C=O) groups excluding carboxylic acids is 1. The van der Waals surface area contributed by atoms with Gasteiger partial charge in [0.25, 0.3) is 0 Å². The van der Waals surface area contributed by atoms with E-state index in [4.69, 9.17) is 5.11 Å². The molecular weight excluding hydrogens is 195 g/mol. The lowest BCUT2D eigenvalue weighted by Gasteiger charge is -2.01. The van der Waals surface area contributed by atoms with Crippen molar-refractivity contribution in [3.63, 3.8) is 0 Å². The van der Waals surface area contributed by atoms with Crippen molar-refractivity contribution in [2.24, 2.45) is 0 Å². The molecule has 5 nitrogen and oxygen atoms in total. The second-order valence-electron chi connectivity index (χ2n) is 2.10. The molecule has 0 heterocycles. The zero-order valence-corrected chi connectivity index (χ0v) is 8.36. The summed E-state index contributed by atoms with van der Waals surface area (Å²) in [5, 5.41) is 8.36. The Morgan fingerprint density at radius 1 is 1.62 bits per heavy atom. The van der Waals surface area contributed by atoms with Crippen LogP contribution in [0.4, 0.5) is 0 Å². The molecule has 0 aromatic carbocycles. The first-order chi connectivity index (χ1) is 6.20. The van der Waals surface area contributed by atoms with Crippen LogP contribution in [0.25, 0.3) is 0 Å². The maximum Gasteiger partial charge on any atom is 0.370 e. The molecule has 0 saturated heterocycles. The minimum atomic E-state index is -2.75. The van der Waals surface area contributed by atoms with Gasteiger partial charge in [-0.15, -0.1) is 0 Å². The molecule has 1 unspecified atom stereocenters. The normalized spacial score (nSPS) is 13.1. The van der Waals surface area contributed by atoms with E-state index in [1.165, 1.54) is 6.08 Å². The van der Waals surface area contributed by atoms with Crippen LogP contribution in [-0.2, 0) is 18.4 Å². The van der Waals surface area contributed by atoms with Gasteiger partial charge < -0.3 is 14.2 Å². The molecule has 0 bridgehead atoms. The summed E-state index contributed by atoms with van der Waals surface area (Å²) in [4.78, 5) is 10.7. The van der Waals surface area contributed by atoms with Crippen LogP contribution < -0.4 is 0 Å². The lowest BCUT2D eigenvalue weighted by atomic mass is 10.5. The zero-order valence-electron chi connectivity index (χ0n) is 7.36. The molecule has 13 heavy (non-hydrogen) atoms. The minimum absolute atomic E-state index is 0.0437. The highest BCUT2D eigenvalue weighted by Gasteiger charge is 2.03. The van der Waals surface area contributed by atoms with Crippen LogP contribution in [0.3, 0.4) is 0 Å². The molecule has 0 radical (unpaired) electrons. The van der Waals surface area contributed by atoms with Gasteiger partial charge in [-0.2, -0.15) is 0 Å². The van der Waals surface area contributed by atoms with E-state index in [0.717, 1.165) is 6.08 Å². The summed E-state index contributed by atoms with van der Waals surface area (Å²) < 4.78 is 19.8. The summed E-state index contributed by atoms with van der Waals surface area (Å²) in [5.74, 6) is -0.685. The molecule has 0 aromatic heterocycles. The first-order valence-electron chi connectivity index (χ1n) is 3.82. The van der Waals surface area contributed by atoms with E-state index in [1.54, 1.807) is 6.92 Å². The van der Waals surface area contributed by atoms with Crippen molar-refractivity contribution < 1.29 is 23.5 Å². The number of rotatable bonds is 6. The smallest absolute Gasteiger partial charge is 0.370 e. The Hall–Kier alpha value is -0.640. The van der Waals surface area contributed by atoms with Crippen molar-refractivity contribution in [1.82, 2.24) is 0 Å². The van der Waals surface area contributed by atoms with Crippen molar-refractivity contribution >= 4 is 14.2 Å². The Morgan fingerprint density at radius 3 is 2.85 bits per heavy atom. The van der Waals surface area contributed by atoms with E-state index in [2.05, 4.69) is 9.05 Å². The molecule has 0 aliphatic rings. The Morgan fingerprint density at radius 2 is 2.31 bits per heavy atom. The standard InChI is InChI=1S/C7H13O5P/c1-2-4-7(9)12-13(10)11-6-3-5-8/h2,4,8,13H,3,5-6H2,1H3. The third kappa shape index (κ3) is 7.71. The molecule has 0 aliphatic carbocycles. The van der Waals surface area contributed by atoms with Gasteiger partial charge in [0.1, 0.15) is 0 Å². The van der Waals surface area contributed by atoms with Gasteiger partial charge in [0.2, 0.25) is 0 Å². The highest BCUT2D eigenvalue weighted by molar-refractivity contribution is 7.34. The lowest BCUT2D eigenvalue weighted by molar-refractivity contribution is -0.129. The second-order valence-corrected chi connectivity index (χ2v) is 3.09. The predicted octanol–water partition coefficient (Wildman–Crippen LogP) is 0.894. The highest BCUT2D eigenvalue weighted by Crippen LogP contribution is 2.23. The molecule has 1 N–H and O–H groups in total. The molecule has 1 atom stereocenters. The maximum atomic E-state index is 10.8. The average Bonchev–Trinajstić information content (AvgIpc) is 2.05. The average molecular weight is 208 g/mol. The molecule has 0 fully saturated rings. The second kappa shape index (κ2) is 7.98. The highest BCUT2D eigenvalue weighted by atomic mass is 31.1. The fourth-order valence-electron chi connectivity index (χ4n) is 0.502. The Balaban J connectivity index is 3.56. The Kier molecular flexibility index (Phi) is 7.59. The first kappa shape index (κ1) is 12.4. The molecule has 76 valence electrons. The summed E-state index contributed by atoms with van der Waals surface area (Å²) in [6.45, 7) is 1.72. The minimum Gasteiger partial charge on any atom is -0.396 e.